The summed E-state index contributed by atoms with van der Waals surface area (Å²) >= 11 is 0. The Morgan fingerprint density at radius 2 is 1.60 bits per heavy atom. The van der Waals surface area contributed by atoms with Crippen molar-refractivity contribution in [2.24, 2.45) is 0 Å². The number of imide groups is 1. The smallest absolute Gasteiger partial charge is 0.305 e. The fraction of sp³-hybridized carbons (Fsp3) is 0.241. The second kappa shape index (κ2) is 11.2. The first-order valence-electron chi connectivity index (χ1n) is 12.4. The molecule has 0 aromatic heterocycles. The second-order valence-electron chi connectivity index (χ2n) is 10.2. The van der Waals surface area contributed by atoms with Gasteiger partial charge in [-0.15, -0.1) is 0 Å². The van der Waals surface area contributed by atoms with Crippen LogP contribution in [0.4, 0.5) is 23.7 Å². The molecule has 1 saturated heterocycles. The Morgan fingerprint density at radius 3 is 2.17 bits per heavy atom. The van der Waals surface area contributed by atoms with E-state index in [1.54, 1.807) is 24.3 Å². The van der Waals surface area contributed by atoms with E-state index in [4.69, 9.17) is 15.9 Å². The van der Waals surface area contributed by atoms with Gasteiger partial charge in [0.2, 0.25) is 0 Å². The third kappa shape index (κ3) is 6.17. The maximum Gasteiger partial charge on any atom is 0.417 e. The van der Waals surface area contributed by atoms with E-state index in [1.165, 1.54) is 49.1 Å². The van der Waals surface area contributed by atoms with Gasteiger partial charge in [-0.2, -0.15) is 18.4 Å². The van der Waals surface area contributed by atoms with Crippen molar-refractivity contribution < 1.29 is 36.0 Å². The first-order valence-corrected chi connectivity index (χ1v) is 14.7. The summed E-state index contributed by atoms with van der Waals surface area (Å²) < 4.78 is 63.6. The van der Waals surface area contributed by atoms with E-state index in [-0.39, 0.29) is 35.8 Å². The first-order chi connectivity index (χ1) is 19.5. The second-order valence-corrected chi connectivity index (χ2v) is 12.7. The van der Waals surface area contributed by atoms with Crippen LogP contribution >= 0.6 is 10.7 Å². The normalized spacial score (nSPS) is 15.2. The molecular formula is C29H23ClF3N3O5S. The number of Topliss-reactive ketones (excluding diaryl/α,β-unsaturated/α-hetero) is 1. The summed E-state index contributed by atoms with van der Waals surface area (Å²) in [5, 5.41) is 9.09. The van der Waals surface area contributed by atoms with Crippen LogP contribution in [-0.4, -0.2) is 36.6 Å². The van der Waals surface area contributed by atoms with Gasteiger partial charge in [0.05, 0.1) is 27.8 Å². The zero-order valence-corrected chi connectivity index (χ0v) is 23.8. The highest BCUT2D eigenvalue weighted by Gasteiger charge is 2.52. The number of benzene rings is 3. The van der Waals surface area contributed by atoms with Gasteiger partial charge in [0, 0.05) is 30.1 Å². The number of carbonyl (C=O) groups excluding carboxylic acids is 3. The zero-order chi connectivity index (χ0) is 31.0. The molecule has 1 aliphatic heterocycles. The molecule has 0 aliphatic carbocycles. The number of nitriles is 1. The van der Waals surface area contributed by atoms with Crippen LogP contribution in [0.3, 0.4) is 0 Å². The number of urea groups is 1. The van der Waals surface area contributed by atoms with Gasteiger partial charge in [-0.05, 0) is 60.9 Å². The van der Waals surface area contributed by atoms with Crippen molar-refractivity contribution in [3.8, 4) is 6.07 Å². The summed E-state index contributed by atoms with van der Waals surface area (Å²) in [6.07, 6.45) is -4.91. The van der Waals surface area contributed by atoms with Crippen LogP contribution in [0.25, 0.3) is 0 Å². The van der Waals surface area contributed by atoms with E-state index in [0.29, 0.717) is 27.7 Å². The number of halogens is 4. The number of amides is 3. The number of anilines is 1. The summed E-state index contributed by atoms with van der Waals surface area (Å²) in [5.41, 5.74) is -1.95. The van der Waals surface area contributed by atoms with E-state index >= 15 is 0 Å². The largest absolute Gasteiger partial charge is 0.417 e. The third-order valence-electron chi connectivity index (χ3n) is 6.95. The van der Waals surface area contributed by atoms with Gasteiger partial charge in [-0.3, -0.25) is 9.59 Å². The third-order valence-corrected chi connectivity index (χ3v) is 8.32. The molecule has 0 atom stereocenters. The van der Waals surface area contributed by atoms with Crippen LogP contribution in [0, 0.1) is 11.3 Å². The number of rotatable bonds is 8. The molecule has 218 valence electrons. The van der Waals surface area contributed by atoms with E-state index < -0.39 is 43.8 Å². The predicted molar refractivity (Wildman–Crippen MR) is 147 cm³/mol. The molecule has 3 aromatic rings. The lowest BCUT2D eigenvalue weighted by molar-refractivity contribution is -0.137. The van der Waals surface area contributed by atoms with Gasteiger partial charge >= 0.3 is 12.2 Å². The van der Waals surface area contributed by atoms with E-state index in [9.17, 15) is 36.0 Å². The molecule has 3 aromatic carbocycles. The van der Waals surface area contributed by atoms with Gasteiger partial charge in [0.1, 0.15) is 11.3 Å². The maximum atomic E-state index is 13.6. The summed E-state index contributed by atoms with van der Waals surface area (Å²) in [4.78, 5) is 41.5. The van der Waals surface area contributed by atoms with Crippen molar-refractivity contribution >= 4 is 43.1 Å². The van der Waals surface area contributed by atoms with Crippen molar-refractivity contribution in [3.63, 3.8) is 0 Å². The molecule has 8 nitrogen and oxygen atoms in total. The van der Waals surface area contributed by atoms with Crippen molar-refractivity contribution in [2.75, 3.05) is 4.90 Å². The van der Waals surface area contributed by atoms with Crippen molar-refractivity contribution in [3.05, 3.63) is 94.5 Å². The van der Waals surface area contributed by atoms with E-state index in [2.05, 4.69) is 0 Å². The highest BCUT2D eigenvalue weighted by Crippen LogP contribution is 2.38. The maximum absolute atomic E-state index is 13.6. The minimum atomic E-state index is -4.88. The monoisotopic (exact) mass is 617 g/mol. The Morgan fingerprint density at radius 1 is 0.976 bits per heavy atom. The molecule has 0 saturated carbocycles. The summed E-state index contributed by atoms with van der Waals surface area (Å²) in [6.45, 7) is 2.84. The Balaban J connectivity index is 1.57. The van der Waals surface area contributed by atoms with E-state index in [1.807, 2.05) is 0 Å². The summed E-state index contributed by atoms with van der Waals surface area (Å²) in [5.74, 6) is -0.952. The molecule has 0 radical (unpaired) electrons. The van der Waals surface area contributed by atoms with E-state index in [0.717, 1.165) is 12.1 Å². The molecule has 1 aliphatic rings. The van der Waals surface area contributed by atoms with Gasteiger partial charge in [0.25, 0.3) is 15.0 Å². The Kier molecular flexibility index (Phi) is 8.22. The Bertz CT molecular complexity index is 1730. The number of nitrogens with zero attached hydrogens (tertiary/aromatic N) is 3. The molecule has 13 heteroatoms. The average Bonchev–Trinajstić information content (AvgIpc) is 3.07. The van der Waals surface area contributed by atoms with Gasteiger partial charge in [-0.1, -0.05) is 36.4 Å². The molecule has 1 fully saturated rings. The van der Waals surface area contributed by atoms with Crippen LogP contribution in [0.2, 0.25) is 0 Å². The van der Waals surface area contributed by atoms with Crippen LogP contribution < -0.4 is 4.90 Å². The van der Waals surface area contributed by atoms with Crippen molar-refractivity contribution in [1.82, 2.24) is 4.90 Å². The van der Waals surface area contributed by atoms with Crippen LogP contribution in [0.5, 0.6) is 0 Å². The Hall–Kier alpha value is -4.21. The zero-order valence-electron chi connectivity index (χ0n) is 22.3. The van der Waals surface area contributed by atoms with Gasteiger partial charge in [0.15, 0.2) is 0 Å². The number of hydrogen-bond acceptors (Lipinski definition) is 6. The minimum Gasteiger partial charge on any atom is -0.305 e. The molecule has 0 spiro atoms. The van der Waals surface area contributed by atoms with Gasteiger partial charge < -0.3 is 4.90 Å². The van der Waals surface area contributed by atoms with Gasteiger partial charge in [-0.25, -0.2) is 18.1 Å². The lowest BCUT2D eigenvalue weighted by atomic mass is 9.97. The van der Waals surface area contributed by atoms with Crippen molar-refractivity contribution in [2.45, 2.75) is 49.8 Å². The fourth-order valence-electron chi connectivity index (χ4n) is 4.66. The lowest BCUT2D eigenvalue weighted by Crippen LogP contribution is -2.43. The molecule has 0 N–H and O–H groups in total. The van der Waals surface area contributed by atoms with Crippen LogP contribution in [0.1, 0.15) is 41.7 Å². The number of alkyl halides is 3. The first kappa shape index (κ1) is 30.7. The molecule has 4 rings (SSSR count). The fourth-order valence-corrected chi connectivity index (χ4v) is 5.43. The molecule has 1 heterocycles. The highest BCUT2D eigenvalue weighted by molar-refractivity contribution is 8.13. The number of hydrogen-bond donors (Lipinski definition) is 0. The van der Waals surface area contributed by atoms with Crippen LogP contribution in [-0.2, 0) is 44.2 Å². The molecule has 0 unspecified atom stereocenters. The topological polar surface area (TPSA) is 116 Å². The standard InChI is InChI=1S/C29H23ClF3N3O5S/c1-28(2)26(38)36(22-10-9-20(16-34)25(15-22)29(31,32)33)27(39)35(28)17-21-6-4-3-5-19(21)14-23(37)13-18-7-11-24(12-8-18)42(30,40)41/h3-12,15H,13-14,17H2,1-2H3. The lowest BCUT2D eigenvalue weighted by Gasteiger charge is -2.28. The summed E-state index contributed by atoms with van der Waals surface area (Å²) in [7, 11) is 1.43. The molecular weight excluding hydrogens is 595 g/mol. The average molecular weight is 618 g/mol. The number of carbonyl (C=O) groups is 3. The molecule has 42 heavy (non-hydrogen) atoms. The highest BCUT2D eigenvalue weighted by atomic mass is 35.7. The molecule has 0 bridgehead atoms. The SMILES string of the molecule is CC1(C)C(=O)N(c2ccc(C#N)c(C(F)(F)F)c2)C(=O)N1Cc1ccccc1CC(=O)Cc1ccc(S(=O)(=O)Cl)cc1. The number of ketones is 1. The predicted octanol–water partition coefficient (Wildman–Crippen LogP) is 5.61. The molecule has 3 amide bonds. The minimum absolute atomic E-state index is 0.00240. The quantitative estimate of drug-likeness (QED) is 0.240. The Labute approximate surface area is 244 Å². The van der Waals surface area contributed by atoms with Crippen molar-refractivity contribution in [1.29, 1.82) is 5.26 Å². The summed E-state index contributed by atoms with van der Waals surface area (Å²) in [6, 6.07) is 15.6. The van der Waals surface area contributed by atoms with Crippen LogP contribution in [0.15, 0.2) is 71.6 Å².